The van der Waals surface area contributed by atoms with Gasteiger partial charge in [-0.2, -0.15) is 0 Å². The summed E-state index contributed by atoms with van der Waals surface area (Å²) in [6.45, 7) is 1.44. The van der Waals surface area contributed by atoms with Crippen molar-refractivity contribution in [2.24, 2.45) is 0 Å². The van der Waals surface area contributed by atoms with Gasteiger partial charge in [0.25, 0.3) is 5.69 Å². The molecule has 1 N–H and O–H groups in total. The van der Waals surface area contributed by atoms with Gasteiger partial charge < -0.3 is 0 Å². The molecule has 1 heterocycles. The summed E-state index contributed by atoms with van der Waals surface area (Å²) in [6, 6.07) is 0.351. The Morgan fingerprint density at radius 3 is 2.82 bits per heavy atom. The monoisotopic (exact) mass is 258 g/mol. The number of amides is 1. The van der Waals surface area contributed by atoms with Crippen molar-refractivity contribution in [2.45, 2.75) is 50.9 Å². The Labute approximate surface area is 105 Å². The zero-order chi connectivity index (χ0) is 12.3. The average molecular weight is 259 g/mol. The molecule has 0 radical (unpaired) electrons. The van der Waals surface area contributed by atoms with Crippen LogP contribution in [0.4, 0.5) is 5.88 Å². The van der Waals surface area contributed by atoms with Crippen molar-refractivity contribution in [2.75, 3.05) is 5.32 Å². The molecule has 1 amide bonds. The largest absolute Gasteiger partial charge is 0.306 e. The molecule has 1 aromatic rings. The number of carbonyl (C=O) groups is 1. The number of nitrogens with one attached hydrogen (secondary N) is 1. The van der Waals surface area contributed by atoms with Crippen molar-refractivity contribution in [3.05, 3.63) is 5.69 Å². The van der Waals surface area contributed by atoms with Crippen LogP contribution in [0.2, 0.25) is 0 Å². The Hall–Kier alpha value is -1.10. The second-order valence-corrected chi connectivity index (χ2v) is 4.67. The molecular formula is C11H17ClN3O2+. The molecule has 1 aromatic heterocycles. The molecule has 0 aliphatic heterocycles. The fourth-order valence-corrected chi connectivity index (χ4v) is 2.52. The summed E-state index contributed by atoms with van der Waals surface area (Å²) in [5, 5.41) is 6.62. The van der Waals surface area contributed by atoms with E-state index < -0.39 is 0 Å². The number of carbonyl (C=O) groups excluding carboxylic acids is 1. The number of anilines is 1. The molecule has 1 saturated carbocycles. The Morgan fingerprint density at radius 2 is 2.24 bits per heavy atom. The highest BCUT2D eigenvalue weighted by molar-refractivity contribution is 6.17. The van der Waals surface area contributed by atoms with Gasteiger partial charge in [-0.05, 0) is 17.5 Å². The fraction of sp³-hybridized carbons (Fsp3) is 0.727. The first-order chi connectivity index (χ1) is 8.22. The molecular weight excluding hydrogens is 242 g/mol. The van der Waals surface area contributed by atoms with E-state index in [2.05, 4.69) is 10.6 Å². The van der Waals surface area contributed by atoms with E-state index in [-0.39, 0.29) is 11.8 Å². The minimum atomic E-state index is -0.177. The SMILES string of the molecule is CC(=O)Nc1on[n+](C2CCCCC2)c1CCl. The summed E-state index contributed by atoms with van der Waals surface area (Å²) in [5.74, 6) is 0.483. The minimum absolute atomic E-state index is 0.177. The summed E-state index contributed by atoms with van der Waals surface area (Å²) < 4.78 is 6.98. The molecule has 2 rings (SSSR count). The van der Waals surface area contributed by atoms with Gasteiger partial charge in [0.2, 0.25) is 11.2 Å². The molecule has 0 spiro atoms. The number of alkyl halides is 1. The number of aromatic nitrogens is 2. The van der Waals surface area contributed by atoms with Gasteiger partial charge in [-0.1, -0.05) is 6.42 Å². The Morgan fingerprint density at radius 1 is 1.53 bits per heavy atom. The molecule has 1 aliphatic rings. The second-order valence-electron chi connectivity index (χ2n) is 4.40. The molecule has 17 heavy (non-hydrogen) atoms. The molecule has 0 aromatic carbocycles. The van der Waals surface area contributed by atoms with Gasteiger partial charge in [-0.25, -0.2) is 0 Å². The minimum Gasteiger partial charge on any atom is -0.289 e. The molecule has 94 valence electrons. The van der Waals surface area contributed by atoms with Crippen LogP contribution in [-0.2, 0) is 10.7 Å². The van der Waals surface area contributed by atoms with Crippen LogP contribution in [0.5, 0.6) is 0 Å². The van der Waals surface area contributed by atoms with Gasteiger partial charge in [-0.15, -0.1) is 11.6 Å². The smallest absolute Gasteiger partial charge is 0.289 e. The summed E-state index contributed by atoms with van der Waals surface area (Å²) in [5.41, 5.74) is 0.758. The molecule has 6 heteroatoms. The van der Waals surface area contributed by atoms with Crippen LogP contribution < -0.4 is 10.00 Å². The lowest BCUT2D eigenvalue weighted by Crippen LogP contribution is -2.45. The standard InChI is InChI=1S/C11H16ClN3O2/c1-8(16)13-11-10(7-12)15(14-17-11)9-5-3-2-4-6-9/h9H,2-7H2,1H3/p+1. The van der Waals surface area contributed by atoms with E-state index in [4.69, 9.17) is 16.1 Å². The number of hydrogen-bond donors (Lipinski definition) is 1. The van der Waals surface area contributed by atoms with Crippen molar-refractivity contribution >= 4 is 23.4 Å². The lowest BCUT2D eigenvalue weighted by molar-refractivity contribution is -0.792. The Balaban J connectivity index is 2.21. The normalized spacial score (nSPS) is 17.1. The number of hydrogen-bond acceptors (Lipinski definition) is 3. The highest BCUT2D eigenvalue weighted by Crippen LogP contribution is 2.25. The van der Waals surface area contributed by atoms with E-state index in [1.165, 1.54) is 26.2 Å². The Kier molecular flexibility index (Phi) is 3.99. The number of rotatable bonds is 3. The highest BCUT2D eigenvalue weighted by atomic mass is 35.5. The van der Waals surface area contributed by atoms with E-state index in [9.17, 15) is 4.79 Å². The van der Waals surface area contributed by atoms with Crippen molar-refractivity contribution in [1.82, 2.24) is 5.27 Å². The first-order valence-electron chi connectivity index (χ1n) is 5.96. The molecule has 0 saturated heterocycles. The van der Waals surface area contributed by atoms with Crippen LogP contribution in [-0.4, -0.2) is 11.2 Å². The number of nitrogens with zero attached hydrogens (tertiary/aromatic N) is 2. The van der Waals surface area contributed by atoms with Crippen LogP contribution in [0.15, 0.2) is 4.52 Å². The molecule has 0 unspecified atom stereocenters. The lowest BCUT2D eigenvalue weighted by Gasteiger charge is -2.14. The zero-order valence-electron chi connectivity index (χ0n) is 9.91. The molecule has 0 bridgehead atoms. The third kappa shape index (κ3) is 2.77. The van der Waals surface area contributed by atoms with Crippen LogP contribution in [0.25, 0.3) is 0 Å². The number of halogens is 1. The molecule has 1 aliphatic carbocycles. The van der Waals surface area contributed by atoms with Crippen molar-refractivity contribution in [3.63, 3.8) is 0 Å². The first kappa shape index (κ1) is 12.4. The van der Waals surface area contributed by atoms with E-state index in [1.807, 2.05) is 4.68 Å². The Bertz CT molecular complexity index is 399. The zero-order valence-corrected chi connectivity index (χ0v) is 10.7. The van der Waals surface area contributed by atoms with Gasteiger partial charge >= 0.3 is 5.88 Å². The van der Waals surface area contributed by atoms with E-state index in [0.29, 0.717) is 11.9 Å². The van der Waals surface area contributed by atoms with Gasteiger partial charge in [0.05, 0.1) is 0 Å². The van der Waals surface area contributed by atoms with E-state index in [1.54, 1.807) is 0 Å². The maximum Gasteiger partial charge on any atom is 0.306 e. The van der Waals surface area contributed by atoms with Crippen molar-refractivity contribution < 1.29 is 14.0 Å². The molecule has 1 fully saturated rings. The fourth-order valence-electron chi connectivity index (χ4n) is 2.28. The first-order valence-corrected chi connectivity index (χ1v) is 6.49. The van der Waals surface area contributed by atoms with E-state index in [0.717, 1.165) is 18.5 Å². The van der Waals surface area contributed by atoms with Crippen molar-refractivity contribution in [1.29, 1.82) is 0 Å². The summed E-state index contributed by atoms with van der Waals surface area (Å²) in [7, 11) is 0. The van der Waals surface area contributed by atoms with Gasteiger partial charge in [0.15, 0.2) is 6.04 Å². The summed E-state index contributed by atoms with van der Waals surface area (Å²) in [6.07, 6.45) is 5.90. The average Bonchev–Trinajstić information content (AvgIpc) is 2.72. The van der Waals surface area contributed by atoms with Crippen LogP contribution >= 0.6 is 11.6 Å². The van der Waals surface area contributed by atoms with E-state index >= 15 is 0 Å². The van der Waals surface area contributed by atoms with Gasteiger partial charge in [0.1, 0.15) is 5.88 Å². The molecule has 5 nitrogen and oxygen atoms in total. The summed E-state index contributed by atoms with van der Waals surface area (Å²) in [4.78, 5) is 11.0. The second kappa shape index (κ2) is 5.49. The summed E-state index contributed by atoms with van der Waals surface area (Å²) >= 11 is 5.91. The van der Waals surface area contributed by atoms with Crippen LogP contribution in [0.1, 0.15) is 50.8 Å². The topological polar surface area (TPSA) is 59.0 Å². The van der Waals surface area contributed by atoms with Gasteiger partial charge in [-0.3, -0.25) is 14.6 Å². The third-order valence-electron chi connectivity index (χ3n) is 3.10. The quantitative estimate of drug-likeness (QED) is 0.668. The predicted molar refractivity (Wildman–Crippen MR) is 62.7 cm³/mol. The maximum absolute atomic E-state index is 11.0. The highest BCUT2D eigenvalue weighted by Gasteiger charge is 2.32. The lowest BCUT2D eigenvalue weighted by atomic mass is 9.95. The van der Waals surface area contributed by atoms with Crippen LogP contribution in [0.3, 0.4) is 0 Å². The third-order valence-corrected chi connectivity index (χ3v) is 3.35. The maximum atomic E-state index is 11.0. The van der Waals surface area contributed by atoms with Gasteiger partial charge in [0, 0.05) is 19.8 Å². The molecule has 0 atom stereocenters. The van der Waals surface area contributed by atoms with Crippen molar-refractivity contribution in [3.8, 4) is 0 Å². The predicted octanol–water partition coefficient (Wildman–Crippen LogP) is 2.16. The van der Waals surface area contributed by atoms with Crippen LogP contribution in [0, 0.1) is 0 Å².